The molecule has 0 fully saturated rings. The molecule has 0 radical (unpaired) electrons. The maximum absolute atomic E-state index is 12.3. The Morgan fingerprint density at radius 1 is 1.05 bits per heavy atom. The fourth-order valence-corrected chi connectivity index (χ4v) is 2.55. The van der Waals surface area contributed by atoms with Crippen molar-refractivity contribution in [2.24, 2.45) is 11.7 Å². The zero-order valence-electron chi connectivity index (χ0n) is 13.3. The van der Waals surface area contributed by atoms with Crippen LogP contribution >= 0.6 is 0 Å². The first-order valence-corrected chi connectivity index (χ1v) is 7.78. The standard InChI is InChI=1S/C19H24N2O/c1-3-15-9-7-8-12-17(15)13-21-19(22)14(2)18(20)16-10-5-4-6-11-16/h4-12,14,18H,3,13,20H2,1-2H3,(H,21,22). The lowest BCUT2D eigenvalue weighted by Crippen LogP contribution is -2.35. The second-order valence-corrected chi connectivity index (χ2v) is 5.57. The minimum absolute atomic E-state index is 0.0118. The summed E-state index contributed by atoms with van der Waals surface area (Å²) in [5.74, 6) is -0.279. The predicted molar refractivity (Wildman–Crippen MR) is 90.2 cm³/mol. The highest BCUT2D eigenvalue weighted by Gasteiger charge is 2.21. The van der Waals surface area contributed by atoms with E-state index in [9.17, 15) is 4.79 Å². The van der Waals surface area contributed by atoms with Gasteiger partial charge in [-0.1, -0.05) is 68.4 Å². The Labute approximate surface area is 132 Å². The van der Waals surface area contributed by atoms with Crippen LogP contribution in [-0.2, 0) is 17.8 Å². The third-order valence-electron chi connectivity index (χ3n) is 4.09. The summed E-state index contributed by atoms with van der Waals surface area (Å²) in [5, 5.41) is 3.01. The molecular formula is C19H24N2O. The second-order valence-electron chi connectivity index (χ2n) is 5.57. The van der Waals surface area contributed by atoms with Gasteiger partial charge in [-0.25, -0.2) is 0 Å². The maximum atomic E-state index is 12.3. The van der Waals surface area contributed by atoms with Gasteiger partial charge in [-0.3, -0.25) is 4.79 Å². The van der Waals surface area contributed by atoms with E-state index in [4.69, 9.17) is 5.73 Å². The number of benzene rings is 2. The third kappa shape index (κ3) is 3.95. The Kier molecular flexibility index (Phi) is 5.73. The molecule has 2 aromatic rings. The summed E-state index contributed by atoms with van der Waals surface area (Å²) in [6, 6.07) is 17.6. The minimum Gasteiger partial charge on any atom is -0.352 e. The average molecular weight is 296 g/mol. The number of aryl methyl sites for hydroxylation is 1. The number of nitrogens with two attached hydrogens (primary N) is 1. The molecule has 116 valence electrons. The van der Waals surface area contributed by atoms with E-state index in [1.807, 2.05) is 49.4 Å². The van der Waals surface area contributed by atoms with Crippen molar-refractivity contribution in [3.05, 3.63) is 71.3 Å². The minimum atomic E-state index is -0.289. The molecule has 0 aliphatic carbocycles. The zero-order valence-corrected chi connectivity index (χ0v) is 13.3. The van der Waals surface area contributed by atoms with E-state index in [0.29, 0.717) is 6.54 Å². The molecule has 0 aliphatic heterocycles. The molecule has 3 N–H and O–H groups in total. The van der Waals surface area contributed by atoms with Crippen LogP contribution in [0.4, 0.5) is 0 Å². The molecule has 0 bridgehead atoms. The Morgan fingerprint density at radius 3 is 2.27 bits per heavy atom. The van der Waals surface area contributed by atoms with Crippen molar-refractivity contribution in [1.29, 1.82) is 0 Å². The fraction of sp³-hybridized carbons (Fsp3) is 0.316. The molecule has 2 aromatic carbocycles. The maximum Gasteiger partial charge on any atom is 0.225 e. The topological polar surface area (TPSA) is 55.1 Å². The normalized spacial score (nSPS) is 13.4. The fourth-order valence-electron chi connectivity index (χ4n) is 2.55. The van der Waals surface area contributed by atoms with Gasteiger partial charge >= 0.3 is 0 Å². The number of carbonyl (C=O) groups is 1. The van der Waals surface area contributed by atoms with E-state index in [0.717, 1.165) is 12.0 Å². The summed E-state index contributed by atoms with van der Waals surface area (Å²) in [6.45, 7) is 4.54. The van der Waals surface area contributed by atoms with Crippen LogP contribution in [0.5, 0.6) is 0 Å². The Morgan fingerprint density at radius 2 is 1.64 bits per heavy atom. The molecule has 3 heteroatoms. The van der Waals surface area contributed by atoms with E-state index >= 15 is 0 Å². The van der Waals surface area contributed by atoms with E-state index in [2.05, 4.69) is 24.4 Å². The van der Waals surface area contributed by atoms with E-state index in [-0.39, 0.29) is 17.9 Å². The van der Waals surface area contributed by atoms with Crippen molar-refractivity contribution in [1.82, 2.24) is 5.32 Å². The Bertz CT molecular complexity index is 610. The van der Waals surface area contributed by atoms with E-state index in [1.54, 1.807) is 0 Å². The lowest BCUT2D eigenvalue weighted by molar-refractivity contribution is -0.125. The van der Waals surface area contributed by atoms with Gasteiger partial charge in [-0.2, -0.15) is 0 Å². The van der Waals surface area contributed by atoms with Crippen LogP contribution in [-0.4, -0.2) is 5.91 Å². The number of hydrogen-bond donors (Lipinski definition) is 2. The largest absolute Gasteiger partial charge is 0.352 e. The summed E-state index contributed by atoms with van der Waals surface area (Å²) in [7, 11) is 0. The third-order valence-corrected chi connectivity index (χ3v) is 4.09. The summed E-state index contributed by atoms with van der Waals surface area (Å²) in [5.41, 5.74) is 9.62. The first kappa shape index (κ1) is 16.2. The van der Waals surface area contributed by atoms with Crippen molar-refractivity contribution < 1.29 is 4.79 Å². The number of rotatable bonds is 6. The van der Waals surface area contributed by atoms with Crippen molar-refractivity contribution in [2.75, 3.05) is 0 Å². The summed E-state index contributed by atoms with van der Waals surface area (Å²) < 4.78 is 0. The number of carbonyl (C=O) groups excluding carboxylic acids is 1. The van der Waals surface area contributed by atoms with Crippen LogP contribution in [0, 0.1) is 5.92 Å². The van der Waals surface area contributed by atoms with Crippen LogP contribution < -0.4 is 11.1 Å². The van der Waals surface area contributed by atoms with Gasteiger partial charge in [0.05, 0.1) is 5.92 Å². The molecule has 2 rings (SSSR count). The van der Waals surface area contributed by atoms with Gasteiger partial charge in [0.2, 0.25) is 5.91 Å². The van der Waals surface area contributed by atoms with Crippen molar-refractivity contribution in [3.63, 3.8) is 0 Å². The van der Waals surface area contributed by atoms with E-state index < -0.39 is 0 Å². The number of amides is 1. The predicted octanol–water partition coefficient (Wildman–Crippen LogP) is 3.20. The van der Waals surface area contributed by atoms with Gasteiger partial charge < -0.3 is 11.1 Å². The smallest absolute Gasteiger partial charge is 0.225 e. The molecule has 0 spiro atoms. The molecule has 0 saturated heterocycles. The highest BCUT2D eigenvalue weighted by Crippen LogP contribution is 2.19. The van der Waals surface area contributed by atoms with Crippen LogP contribution in [0.3, 0.4) is 0 Å². The quantitative estimate of drug-likeness (QED) is 0.860. The second kappa shape index (κ2) is 7.76. The van der Waals surface area contributed by atoms with Gasteiger partial charge in [-0.05, 0) is 23.1 Å². The molecule has 1 amide bonds. The SMILES string of the molecule is CCc1ccccc1CNC(=O)C(C)C(N)c1ccccc1. The van der Waals surface area contributed by atoms with Gasteiger partial charge in [0.25, 0.3) is 0 Å². The first-order chi connectivity index (χ1) is 10.6. The first-order valence-electron chi connectivity index (χ1n) is 7.78. The molecule has 0 aliphatic rings. The van der Waals surface area contributed by atoms with Crippen LogP contribution in [0.1, 0.15) is 36.6 Å². The molecule has 2 unspecified atom stereocenters. The molecule has 0 aromatic heterocycles. The summed E-state index contributed by atoms with van der Waals surface area (Å²) in [4.78, 5) is 12.3. The molecule has 3 nitrogen and oxygen atoms in total. The van der Waals surface area contributed by atoms with Crippen LogP contribution in [0.2, 0.25) is 0 Å². The van der Waals surface area contributed by atoms with Crippen molar-refractivity contribution >= 4 is 5.91 Å². The van der Waals surface area contributed by atoms with Crippen molar-refractivity contribution in [3.8, 4) is 0 Å². The van der Waals surface area contributed by atoms with Gasteiger partial charge in [0.15, 0.2) is 0 Å². The molecule has 2 atom stereocenters. The highest BCUT2D eigenvalue weighted by molar-refractivity contribution is 5.79. The number of nitrogens with one attached hydrogen (secondary N) is 1. The summed E-state index contributed by atoms with van der Waals surface area (Å²) in [6.07, 6.45) is 0.963. The molecule has 0 heterocycles. The monoisotopic (exact) mass is 296 g/mol. The van der Waals surface area contributed by atoms with Gasteiger partial charge in [0, 0.05) is 12.6 Å². The zero-order chi connectivity index (χ0) is 15.9. The summed E-state index contributed by atoms with van der Waals surface area (Å²) >= 11 is 0. The Hall–Kier alpha value is -2.13. The van der Waals surface area contributed by atoms with Gasteiger partial charge in [0.1, 0.15) is 0 Å². The average Bonchev–Trinajstić information content (AvgIpc) is 2.59. The van der Waals surface area contributed by atoms with Crippen LogP contribution in [0.25, 0.3) is 0 Å². The Balaban J connectivity index is 1.97. The molecule has 0 saturated carbocycles. The van der Waals surface area contributed by atoms with Crippen LogP contribution in [0.15, 0.2) is 54.6 Å². The number of hydrogen-bond acceptors (Lipinski definition) is 2. The molecule has 22 heavy (non-hydrogen) atoms. The highest BCUT2D eigenvalue weighted by atomic mass is 16.1. The molecular weight excluding hydrogens is 272 g/mol. The van der Waals surface area contributed by atoms with E-state index in [1.165, 1.54) is 11.1 Å². The lowest BCUT2D eigenvalue weighted by atomic mass is 9.94. The van der Waals surface area contributed by atoms with Gasteiger partial charge in [-0.15, -0.1) is 0 Å². The van der Waals surface area contributed by atoms with Crippen molar-refractivity contribution in [2.45, 2.75) is 32.9 Å². The lowest BCUT2D eigenvalue weighted by Gasteiger charge is -2.20.